The molecule has 1 aromatic carbocycles. The Bertz CT molecular complexity index is 556. The van der Waals surface area contributed by atoms with E-state index in [1.54, 1.807) is 0 Å². The van der Waals surface area contributed by atoms with Crippen LogP contribution in [0.1, 0.15) is 12.2 Å². The Morgan fingerprint density at radius 1 is 1.35 bits per heavy atom. The van der Waals surface area contributed by atoms with Crippen molar-refractivity contribution in [2.75, 3.05) is 13.1 Å². The normalized spacial score (nSPS) is 9.70. The second-order valence-electron chi connectivity index (χ2n) is 4.23. The summed E-state index contributed by atoms with van der Waals surface area (Å²) in [6, 6.07) is 7.82. The summed E-state index contributed by atoms with van der Waals surface area (Å²) in [6.07, 6.45) is 0.801. The van der Waals surface area contributed by atoms with Gasteiger partial charge in [-0.3, -0.25) is 4.79 Å². The number of aryl methyl sites for hydroxylation is 1. The van der Waals surface area contributed by atoms with Gasteiger partial charge in [0.05, 0.1) is 11.0 Å². The van der Waals surface area contributed by atoms with Gasteiger partial charge >= 0.3 is 0 Å². The number of imidazole rings is 1. The minimum absolute atomic E-state index is 0. The van der Waals surface area contributed by atoms with Crippen molar-refractivity contribution in [1.82, 2.24) is 14.9 Å². The lowest BCUT2D eigenvalue weighted by Gasteiger charge is -2.07. The largest absolute Gasteiger partial charge is 0.355 e. The molecule has 20 heavy (non-hydrogen) atoms. The Balaban J connectivity index is 0.00000180. The van der Waals surface area contributed by atoms with Crippen LogP contribution in [0.15, 0.2) is 24.3 Å². The second-order valence-corrected chi connectivity index (χ2v) is 4.23. The highest BCUT2D eigenvalue weighted by molar-refractivity contribution is 5.85. The molecule has 0 aliphatic rings. The van der Waals surface area contributed by atoms with Gasteiger partial charge in [-0.15, -0.1) is 24.8 Å². The van der Waals surface area contributed by atoms with E-state index >= 15 is 0 Å². The van der Waals surface area contributed by atoms with E-state index in [9.17, 15) is 4.79 Å². The Morgan fingerprint density at radius 3 is 2.75 bits per heavy atom. The smallest absolute Gasteiger partial charge is 0.240 e. The summed E-state index contributed by atoms with van der Waals surface area (Å²) in [5.74, 6) is 0.847. The number of benzene rings is 1. The zero-order chi connectivity index (χ0) is 13.0. The van der Waals surface area contributed by atoms with Gasteiger partial charge in [0.15, 0.2) is 0 Å². The van der Waals surface area contributed by atoms with Crippen molar-refractivity contribution in [3.63, 3.8) is 0 Å². The van der Waals surface area contributed by atoms with Gasteiger partial charge in [0.25, 0.3) is 0 Å². The van der Waals surface area contributed by atoms with Crippen LogP contribution in [0, 0.1) is 6.92 Å². The first kappa shape index (κ1) is 18.7. The van der Waals surface area contributed by atoms with Crippen molar-refractivity contribution in [3.05, 3.63) is 30.1 Å². The lowest BCUT2D eigenvalue weighted by atomic mass is 10.3. The molecule has 0 fully saturated rings. The van der Waals surface area contributed by atoms with E-state index in [0.29, 0.717) is 19.6 Å². The van der Waals surface area contributed by atoms with Crippen molar-refractivity contribution >= 4 is 41.8 Å². The van der Waals surface area contributed by atoms with Crippen molar-refractivity contribution in [2.24, 2.45) is 5.73 Å². The van der Waals surface area contributed by atoms with E-state index in [1.807, 2.05) is 35.8 Å². The van der Waals surface area contributed by atoms with Crippen LogP contribution in [0.2, 0.25) is 0 Å². The van der Waals surface area contributed by atoms with E-state index < -0.39 is 0 Å². The average Bonchev–Trinajstić information content (AvgIpc) is 2.67. The number of hydrogen-bond donors (Lipinski definition) is 2. The van der Waals surface area contributed by atoms with Gasteiger partial charge in [-0.2, -0.15) is 0 Å². The van der Waals surface area contributed by atoms with Crippen LogP contribution < -0.4 is 11.1 Å². The first-order chi connectivity index (χ1) is 8.72. The number of carbonyl (C=O) groups excluding carboxylic acids is 1. The van der Waals surface area contributed by atoms with Crippen LogP contribution in [0.3, 0.4) is 0 Å². The molecule has 0 bridgehead atoms. The predicted molar refractivity (Wildman–Crippen MR) is 85.6 cm³/mol. The van der Waals surface area contributed by atoms with E-state index in [-0.39, 0.29) is 30.7 Å². The molecule has 2 rings (SSSR count). The van der Waals surface area contributed by atoms with E-state index in [2.05, 4.69) is 10.3 Å². The first-order valence-corrected chi connectivity index (χ1v) is 6.11. The van der Waals surface area contributed by atoms with Crippen molar-refractivity contribution < 1.29 is 4.79 Å². The maximum absolute atomic E-state index is 11.8. The number of aromatic nitrogens is 2. The number of fused-ring (bicyclic) bond motifs is 1. The lowest BCUT2D eigenvalue weighted by Crippen LogP contribution is -2.29. The number of amides is 1. The molecule has 0 atom stereocenters. The third-order valence-corrected chi connectivity index (χ3v) is 2.85. The number of carbonyl (C=O) groups is 1. The Labute approximate surface area is 130 Å². The Hall–Kier alpha value is -1.30. The number of rotatable bonds is 5. The van der Waals surface area contributed by atoms with Gasteiger partial charge in [-0.25, -0.2) is 4.98 Å². The SMILES string of the molecule is Cc1nc2ccccc2n1CC(=O)NCCCN.Cl.Cl. The number of nitrogens with one attached hydrogen (secondary N) is 1. The van der Waals surface area contributed by atoms with Gasteiger partial charge < -0.3 is 15.6 Å². The molecule has 5 nitrogen and oxygen atoms in total. The maximum atomic E-state index is 11.8. The molecular formula is C13H20Cl2N4O. The molecule has 7 heteroatoms. The minimum Gasteiger partial charge on any atom is -0.355 e. The lowest BCUT2D eigenvalue weighted by molar-refractivity contribution is -0.121. The molecule has 0 radical (unpaired) electrons. The van der Waals surface area contributed by atoms with Crippen LogP contribution in [-0.2, 0) is 11.3 Å². The molecule has 1 aromatic heterocycles. The van der Waals surface area contributed by atoms with E-state index in [4.69, 9.17) is 5.73 Å². The highest BCUT2D eigenvalue weighted by Gasteiger charge is 2.09. The summed E-state index contributed by atoms with van der Waals surface area (Å²) in [7, 11) is 0. The molecule has 112 valence electrons. The molecule has 0 spiro atoms. The summed E-state index contributed by atoms with van der Waals surface area (Å²) < 4.78 is 1.92. The fourth-order valence-electron chi connectivity index (χ4n) is 1.92. The molecule has 0 aliphatic heterocycles. The molecule has 1 amide bonds. The average molecular weight is 319 g/mol. The number of nitrogens with zero attached hydrogens (tertiary/aromatic N) is 2. The predicted octanol–water partition coefficient (Wildman–Crippen LogP) is 1.65. The fraction of sp³-hybridized carbons (Fsp3) is 0.385. The molecule has 0 unspecified atom stereocenters. The summed E-state index contributed by atoms with van der Waals surface area (Å²) in [5.41, 5.74) is 7.29. The Kier molecular flexibility index (Phi) is 8.22. The second kappa shape index (κ2) is 8.79. The van der Waals surface area contributed by atoms with E-state index in [0.717, 1.165) is 23.3 Å². The van der Waals surface area contributed by atoms with E-state index in [1.165, 1.54) is 0 Å². The first-order valence-electron chi connectivity index (χ1n) is 6.11. The number of halogens is 2. The Morgan fingerprint density at radius 2 is 2.05 bits per heavy atom. The molecular weight excluding hydrogens is 299 g/mol. The van der Waals surface area contributed by atoms with Gasteiger partial charge in [0, 0.05) is 6.54 Å². The molecule has 3 N–H and O–H groups in total. The summed E-state index contributed by atoms with van der Waals surface area (Å²) in [6.45, 7) is 3.43. The molecule has 2 aromatic rings. The van der Waals surface area contributed by atoms with Gasteiger partial charge in [-0.1, -0.05) is 12.1 Å². The van der Waals surface area contributed by atoms with Crippen LogP contribution in [0.4, 0.5) is 0 Å². The fourth-order valence-corrected chi connectivity index (χ4v) is 1.92. The third kappa shape index (κ3) is 4.37. The molecule has 1 heterocycles. The van der Waals surface area contributed by atoms with Crippen LogP contribution in [0.5, 0.6) is 0 Å². The summed E-state index contributed by atoms with van der Waals surface area (Å²) in [5, 5.41) is 2.85. The summed E-state index contributed by atoms with van der Waals surface area (Å²) in [4.78, 5) is 16.2. The number of para-hydroxylation sites is 2. The van der Waals surface area contributed by atoms with Gasteiger partial charge in [0.1, 0.15) is 12.4 Å². The van der Waals surface area contributed by atoms with Crippen LogP contribution in [-0.4, -0.2) is 28.5 Å². The molecule has 0 saturated heterocycles. The van der Waals surface area contributed by atoms with Crippen molar-refractivity contribution in [2.45, 2.75) is 19.9 Å². The van der Waals surface area contributed by atoms with Crippen LogP contribution >= 0.6 is 24.8 Å². The van der Waals surface area contributed by atoms with Gasteiger partial charge in [0.2, 0.25) is 5.91 Å². The quantitative estimate of drug-likeness (QED) is 0.823. The zero-order valence-electron chi connectivity index (χ0n) is 11.3. The topological polar surface area (TPSA) is 72.9 Å². The number of nitrogens with two attached hydrogens (primary N) is 1. The molecule has 0 aliphatic carbocycles. The van der Waals surface area contributed by atoms with Gasteiger partial charge in [-0.05, 0) is 32.0 Å². The minimum atomic E-state index is -0.00490. The van der Waals surface area contributed by atoms with Crippen molar-refractivity contribution in [1.29, 1.82) is 0 Å². The monoisotopic (exact) mass is 318 g/mol. The summed E-state index contributed by atoms with van der Waals surface area (Å²) >= 11 is 0. The standard InChI is InChI=1S/C13H18N4O.2ClH/c1-10-16-11-5-2-3-6-12(11)17(10)9-13(18)15-8-4-7-14;;/h2-3,5-6H,4,7-9,14H2,1H3,(H,15,18);2*1H. The highest BCUT2D eigenvalue weighted by Crippen LogP contribution is 2.14. The van der Waals surface area contributed by atoms with Crippen molar-refractivity contribution in [3.8, 4) is 0 Å². The highest BCUT2D eigenvalue weighted by atomic mass is 35.5. The maximum Gasteiger partial charge on any atom is 0.240 e. The molecule has 0 saturated carbocycles. The third-order valence-electron chi connectivity index (χ3n) is 2.85. The zero-order valence-corrected chi connectivity index (χ0v) is 13.0. The number of hydrogen-bond acceptors (Lipinski definition) is 3. The van der Waals surface area contributed by atoms with Crippen LogP contribution in [0.25, 0.3) is 11.0 Å².